The third-order valence-corrected chi connectivity index (χ3v) is 7.18. The molecule has 0 atom stereocenters. The van der Waals surface area contributed by atoms with Crippen LogP contribution in [0.15, 0.2) is 41.3 Å². The molecule has 0 saturated heterocycles. The van der Waals surface area contributed by atoms with Crippen LogP contribution in [0.3, 0.4) is 0 Å². The number of nitrogens with one attached hydrogen (secondary N) is 3. The van der Waals surface area contributed by atoms with E-state index in [1.165, 1.54) is 0 Å². The number of anilines is 1. The lowest BCUT2D eigenvalue weighted by Gasteiger charge is -2.17. The normalized spacial score (nSPS) is 11.6. The molecule has 1 amide bonds. The van der Waals surface area contributed by atoms with Crippen molar-refractivity contribution < 1.29 is 13.2 Å². The van der Waals surface area contributed by atoms with E-state index >= 15 is 0 Å². The van der Waals surface area contributed by atoms with Gasteiger partial charge < -0.3 is 21.3 Å². The van der Waals surface area contributed by atoms with Crippen molar-refractivity contribution in [1.29, 1.82) is 0 Å². The van der Waals surface area contributed by atoms with Gasteiger partial charge in [-0.3, -0.25) is 4.79 Å². The van der Waals surface area contributed by atoms with Crippen molar-refractivity contribution in [3.05, 3.63) is 36.4 Å². The molecule has 0 saturated carbocycles. The monoisotopic (exact) mass is 491 g/mol. The fourth-order valence-corrected chi connectivity index (χ4v) is 5.10. The summed E-state index contributed by atoms with van der Waals surface area (Å²) >= 11 is 0. The van der Waals surface area contributed by atoms with Gasteiger partial charge in [0.15, 0.2) is 0 Å². The van der Waals surface area contributed by atoms with Gasteiger partial charge in [-0.1, -0.05) is 30.7 Å². The number of hydrogen-bond acceptors (Lipinski definition) is 6. The number of sulfonamides is 1. The van der Waals surface area contributed by atoms with Gasteiger partial charge >= 0.3 is 0 Å². The van der Waals surface area contributed by atoms with Gasteiger partial charge in [0, 0.05) is 50.1 Å². The van der Waals surface area contributed by atoms with E-state index < -0.39 is 10.0 Å². The maximum Gasteiger partial charge on any atom is 0.241 e. The average molecular weight is 492 g/mol. The predicted octanol–water partition coefficient (Wildman–Crippen LogP) is 2.58. The van der Waals surface area contributed by atoms with Crippen molar-refractivity contribution in [3.8, 4) is 0 Å². The Bertz CT molecular complexity index is 995. The number of carbonyl (C=O) groups excluding carboxylic acids is 1. The van der Waals surface area contributed by atoms with Crippen molar-refractivity contribution in [2.45, 2.75) is 49.8 Å². The van der Waals surface area contributed by atoms with Crippen molar-refractivity contribution in [1.82, 2.24) is 15.4 Å². The molecule has 2 aromatic carbocycles. The van der Waals surface area contributed by atoms with Gasteiger partial charge in [0.2, 0.25) is 15.9 Å². The van der Waals surface area contributed by atoms with Crippen LogP contribution in [0, 0.1) is 0 Å². The number of unbranched alkanes of at least 4 members (excludes halogenated alkanes) is 3. The summed E-state index contributed by atoms with van der Waals surface area (Å²) in [7, 11) is 0.268. The van der Waals surface area contributed by atoms with Crippen LogP contribution in [-0.2, 0) is 14.8 Å². The lowest BCUT2D eigenvalue weighted by Crippen LogP contribution is -2.26. The summed E-state index contributed by atoms with van der Waals surface area (Å²) in [5, 5.41) is 7.89. The first-order valence-electron chi connectivity index (χ1n) is 12.2. The second-order valence-electron chi connectivity index (χ2n) is 8.68. The Labute approximate surface area is 204 Å². The Balaban J connectivity index is 1.67. The molecule has 0 aromatic heterocycles. The topological polar surface area (TPSA) is 117 Å². The van der Waals surface area contributed by atoms with E-state index in [2.05, 4.69) is 15.4 Å². The zero-order valence-corrected chi connectivity index (χ0v) is 21.4. The number of nitrogens with two attached hydrogens (primary N) is 1. The molecule has 0 unspecified atom stereocenters. The molecule has 0 spiro atoms. The molecule has 2 rings (SSSR count). The zero-order valence-electron chi connectivity index (χ0n) is 20.6. The molecule has 2 aromatic rings. The van der Waals surface area contributed by atoms with Gasteiger partial charge in [-0.05, 0) is 63.9 Å². The number of benzene rings is 2. The van der Waals surface area contributed by atoms with Crippen LogP contribution in [-0.4, -0.2) is 61.1 Å². The molecule has 9 heteroatoms. The van der Waals surface area contributed by atoms with Crippen LogP contribution in [0.25, 0.3) is 10.8 Å². The highest BCUT2D eigenvalue weighted by molar-refractivity contribution is 7.89. The maximum atomic E-state index is 12.9. The summed E-state index contributed by atoms with van der Waals surface area (Å²) < 4.78 is 28.5. The molecular formula is C25H41N5O3S. The van der Waals surface area contributed by atoms with Crippen LogP contribution >= 0.6 is 0 Å². The average Bonchev–Trinajstić information content (AvgIpc) is 2.82. The Morgan fingerprint density at radius 3 is 2.29 bits per heavy atom. The fourth-order valence-electron chi connectivity index (χ4n) is 3.80. The minimum atomic E-state index is -3.62. The summed E-state index contributed by atoms with van der Waals surface area (Å²) in [5.41, 5.74) is 6.42. The van der Waals surface area contributed by atoms with Crippen molar-refractivity contribution in [2.24, 2.45) is 5.73 Å². The highest BCUT2D eigenvalue weighted by Gasteiger charge is 2.18. The molecule has 8 nitrogen and oxygen atoms in total. The number of carbonyl (C=O) groups is 1. The Kier molecular flexibility index (Phi) is 12.3. The second kappa shape index (κ2) is 14.9. The van der Waals surface area contributed by atoms with E-state index in [1.54, 1.807) is 12.1 Å². The summed E-state index contributed by atoms with van der Waals surface area (Å²) in [4.78, 5) is 14.2. The highest BCUT2D eigenvalue weighted by Crippen LogP contribution is 2.30. The predicted molar refractivity (Wildman–Crippen MR) is 141 cm³/mol. The molecule has 0 aliphatic rings. The van der Waals surface area contributed by atoms with Crippen molar-refractivity contribution in [2.75, 3.05) is 51.7 Å². The van der Waals surface area contributed by atoms with Gasteiger partial charge in [0.1, 0.15) is 0 Å². The van der Waals surface area contributed by atoms with Crippen LogP contribution in [0.1, 0.15) is 44.9 Å². The molecule has 0 heterocycles. The van der Waals surface area contributed by atoms with Gasteiger partial charge in [-0.2, -0.15) is 0 Å². The van der Waals surface area contributed by atoms with Crippen molar-refractivity contribution >= 4 is 32.4 Å². The number of amides is 1. The highest BCUT2D eigenvalue weighted by atomic mass is 32.2. The molecule has 0 aliphatic heterocycles. The number of hydrogen-bond donors (Lipinski definition) is 4. The smallest absolute Gasteiger partial charge is 0.241 e. The Hall–Kier alpha value is -2.20. The lowest BCUT2D eigenvalue weighted by molar-refractivity contribution is -0.121. The quantitative estimate of drug-likeness (QED) is 0.253. The first-order valence-corrected chi connectivity index (χ1v) is 13.7. The Morgan fingerprint density at radius 1 is 0.853 bits per heavy atom. The van der Waals surface area contributed by atoms with Crippen LogP contribution in [0.5, 0.6) is 0 Å². The van der Waals surface area contributed by atoms with E-state index in [0.717, 1.165) is 56.3 Å². The molecule has 5 N–H and O–H groups in total. The molecule has 0 fully saturated rings. The SMILES string of the molecule is CN(C)c1cccc2c(S(=O)(=O)NCCCCCC(=O)NCCCCNCCCN)cccc12. The van der Waals surface area contributed by atoms with E-state index in [-0.39, 0.29) is 5.91 Å². The summed E-state index contributed by atoms with van der Waals surface area (Å²) in [6.45, 7) is 3.64. The second-order valence-corrected chi connectivity index (χ2v) is 10.4. The fraction of sp³-hybridized carbons (Fsp3) is 0.560. The molecule has 0 bridgehead atoms. The molecule has 0 aliphatic carbocycles. The minimum absolute atomic E-state index is 0.0594. The van der Waals surface area contributed by atoms with Gasteiger partial charge in [0.25, 0.3) is 0 Å². The summed E-state index contributed by atoms with van der Waals surface area (Å²) in [6.07, 6.45) is 5.66. The lowest BCUT2D eigenvalue weighted by atomic mass is 10.1. The Morgan fingerprint density at radius 2 is 1.53 bits per heavy atom. The number of fused-ring (bicyclic) bond motifs is 1. The van der Waals surface area contributed by atoms with Crippen LogP contribution < -0.4 is 26.0 Å². The molecule has 190 valence electrons. The standard InChI is InChI=1S/C25H41N5O3S/c1-30(2)23-13-8-12-22-21(23)11-9-14-24(22)34(32,33)29-20-5-3-4-15-25(31)28-19-7-6-17-27-18-10-16-26/h8-9,11-14,27,29H,3-7,10,15-20,26H2,1-2H3,(H,28,31). The van der Waals surface area contributed by atoms with Gasteiger partial charge in [0.05, 0.1) is 4.90 Å². The number of nitrogens with zero attached hydrogens (tertiary/aromatic N) is 1. The first-order chi connectivity index (χ1) is 16.4. The largest absolute Gasteiger partial charge is 0.377 e. The van der Waals surface area contributed by atoms with Gasteiger partial charge in [-0.25, -0.2) is 13.1 Å². The van der Waals surface area contributed by atoms with E-state index in [1.807, 2.05) is 43.3 Å². The molecular weight excluding hydrogens is 450 g/mol. The third kappa shape index (κ3) is 9.21. The van der Waals surface area contributed by atoms with Crippen LogP contribution in [0.4, 0.5) is 5.69 Å². The first kappa shape index (κ1) is 28.0. The molecule has 0 radical (unpaired) electrons. The zero-order chi connectivity index (χ0) is 24.8. The number of rotatable bonds is 17. The molecule has 34 heavy (non-hydrogen) atoms. The minimum Gasteiger partial charge on any atom is -0.377 e. The third-order valence-electron chi connectivity index (χ3n) is 5.66. The van der Waals surface area contributed by atoms with E-state index in [4.69, 9.17) is 5.73 Å². The van der Waals surface area contributed by atoms with E-state index in [9.17, 15) is 13.2 Å². The van der Waals surface area contributed by atoms with E-state index in [0.29, 0.717) is 42.8 Å². The summed E-state index contributed by atoms with van der Waals surface area (Å²) in [5.74, 6) is 0.0594. The van der Waals surface area contributed by atoms with Gasteiger partial charge in [-0.15, -0.1) is 0 Å². The van der Waals surface area contributed by atoms with Crippen LogP contribution in [0.2, 0.25) is 0 Å². The summed E-state index contributed by atoms with van der Waals surface area (Å²) in [6, 6.07) is 11.1. The van der Waals surface area contributed by atoms with Crippen molar-refractivity contribution in [3.63, 3.8) is 0 Å². The maximum absolute atomic E-state index is 12.9.